The summed E-state index contributed by atoms with van der Waals surface area (Å²) in [6, 6.07) is 16.6. The molecule has 1 saturated heterocycles. The van der Waals surface area contributed by atoms with Crippen molar-refractivity contribution >= 4 is 21.6 Å². The second-order valence-electron chi connectivity index (χ2n) is 7.16. The van der Waals surface area contributed by atoms with Gasteiger partial charge in [0.25, 0.3) is 0 Å². The van der Waals surface area contributed by atoms with Crippen LogP contribution in [0, 0.1) is 6.92 Å². The maximum Gasteiger partial charge on any atom is 0.241 e. The minimum atomic E-state index is -3.35. The number of piperazine rings is 1. The first-order chi connectivity index (χ1) is 13.4. The third-order valence-corrected chi connectivity index (χ3v) is 7.04. The molecule has 1 amide bonds. The zero-order valence-electron chi connectivity index (χ0n) is 16.3. The summed E-state index contributed by atoms with van der Waals surface area (Å²) in [5.74, 6) is -0.0631. The highest BCUT2D eigenvalue weighted by molar-refractivity contribution is 7.88. The van der Waals surface area contributed by atoms with Crippen molar-refractivity contribution in [1.82, 2.24) is 9.21 Å². The van der Waals surface area contributed by atoms with Gasteiger partial charge in [0.2, 0.25) is 15.9 Å². The molecule has 1 fully saturated rings. The molecule has 150 valence electrons. The van der Waals surface area contributed by atoms with Gasteiger partial charge in [-0.05, 0) is 31.0 Å². The second-order valence-corrected chi connectivity index (χ2v) is 9.13. The number of sulfonamides is 1. The molecule has 1 aliphatic heterocycles. The number of nitrogens with zero attached hydrogens (tertiary/aromatic N) is 2. The van der Waals surface area contributed by atoms with Crippen LogP contribution in [-0.2, 0) is 20.6 Å². The van der Waals surface area contributed by atoms with Crippen LogP contribution in [0.2, 0.25) is 0 Å². The van der Waals surface area contributed by atoms with Crippen LogP contribution in [0.25, 0.3) is 0 Å². The lowest BCUT2D eigenvalue weighted by Crippen LogP contribution is -2.54. The maximum atomic E-state index is 12.7. The lowest BCUT2D eigenvalue weighted by molar-refractivity contribution is -0.121. The maximum absolute atomic E-state index is 12.7. The summed E-state index contributed by atoms with van der Waals surface area (Å²) < 4.78 is 26.9. The van der Waals surface area contributed by atoms with Crippen LogP contribution in [-0.4, -0.2) is 55.8 Å². The van der Waals surface area contributed by atoms with Crippen LogP contribution in [0.1, 0.15) is 18.1 Å². The Morgan fingerprint density at radius 1 is 1.00 bits per heavy atom. The van der Waals surface area contributed by atoms with E-state index in [0.717, 1.165) is 16.8 Å². The van der Waals surface area contributed by atoms with Gasteiger partial charge in [0.05, 0.1) is 11.8 Å². The number of carbonyl (C=O) groups excluding carboxylic acids is 1. The van der Waals surface area contributed by atoms with Crippen molar-refractivity contribution in [3.63, 3.8) is 0 Å². The standard InChI is InChI=1S/C21H27N3O3S/c1-17-8-6-7-11-20(17)22-21(25)18(2)23-12-14-24(15-13-23)28(26,27)16-19-9-4-3-5-10-19/h3-11,18H,12-16H2,1-2H3,(H,22,25)/t18-/m0/s1. The average Bonchev–Trinajstić information content (AvgIpc) is 2.69. The molecule has 6 nitrogen and oxygen atoms in total. The van der Waals surface area contributed by atoms with Gasteiger partial charge in [-0.15, -0.1) is 0 Å². The summed E-state index contributed by atoms with van der Waals surface area (Å²) in [7, 11) is -3.35. The van der Waals surface area contributed by atoms with E-state index in [9.17, 15) is 13.2 Å². The van der Waals surface area contributed by atoms with Crippen molar-refractivity contribution in [1.29, 1.82) is 0 Å². The van der Waals surface area contributed by atoms with E-state index in [1.165, 1.54) is 4.31 Å². The molecule has 0 bridgehead atoms. The van der Waals surface area contributed by atoms with Gasteiger partial charge in [-0.1, -0.05) is 48.5 Å². The van der Waals surface area contributed by atoms with Crippen LogP contribution in [0.5, 0.6) is 0 Å². The molecule has 0 radical (unpaired) electrons. The third-order valence-electron chi connectivity index (χ3n) is 5.19. The van der Waals surface area contributed by atoms with Gasteiger partial charge in [-0.2, -0.15) is 4.31 Å². The van der Waals surface area contributed by atoms with E-state index in [1.54, 1.807) is 0 Å². The van der Waals surface area contributed by atoms with E-state index in [0.29, 0.717) is 26.2 Å². The molecule has 2 aromatic carbocycles. The minimum Gasteiger partial charge on any atom is -0.324 e. The smallest absolute Gasteiger partial charge is 0.241 e. The van der Waals surface area contributed by atoms with Gasteiger partial charge in [-0.25, -0.2) is 8.42 Å². The number of carbonyl (C=O) groups is 1. The number of hydrogen-bond acceptors (Lipinski definition) is 4. The van der Waals surface area contributed by atoms with E-state index in [1.807, 2.05) is 73.3 Å². The number of para-hydroxylation sites is 1. The summed E-state index contributed by atoms with van der Waals surface area (Å²) in [6.45, 7) is 5.69. The number of hydrogen-bond donors (Lipinski definition) is 1. The molecule has 1 atom stereocenters. The Labute approximate surface area is 167 Å². The molecular weight excluding hydrogens is 374 g/mol. The van der Waals surface area contributed by atoms with Crippen LogP contribution < -0.4 is 5.32 Å². The number of nitrogens with one attached hydrogen (secondary N) is 1. The molecule has 28 heavy (non-hydrogen) atoms. The Bertz CT molecular complexity index is 908. The van der Waals surface area contributed by atoms with Crippen molar-refractivity contribution in [3.05, 3.63) is 65.7 Å². The first-order valence-corrected chi connectivity index (χ1v) is 11.1. The van der Waals surface area contributed by atoms with Crippen molar-refractivity contribution in [2.24, 2.45) is 0 Å². The van der Waals surface area contributed by atoms with Gasteiger partial charge < -0.3 is 5.32 Å². The molecule has 0 saturated carbocycles. The monoisotopic (exact) mass is 401 g/mol. The van der Waals surface area contributed by atoms with Crippen molar-refractivity contribution in [2.45, 2.75) is 25.6 Å². The molecule has 1 heterocycles. The summed E-state index contributed by atoms with van der Waals surface area (Å²) in [4.78, 5) is 14.6. The molecule has 2 aromatic rings. The van der Waals surface area contributed by atoms with E-state index in [2.05, 4.69) is 5.32 Å². The topological polar surface area (TPSA) is 69.7 Å². The lowest BCUT2D eigenvalue weighted by Gasteiger charge is -2.36. The van der Waals surface area contributed by atoms with E-state index in [4.69, 9.17) is 0 Å². The number of anilines is 1. The van der Waals surface area contributed by atoms with Crippen molar-refractivity contribution in [3.8, 4) is 0 Å². The highest BCUT2D eigenvalue weighted by atomic mass is 32.2. The fourth-order valence-corrected chi connectivity index (χ4v) is 4.88. The van der Waals surface area contributed by atoms with Crippen LogP contribution in [0.3, 0.4) is 0 Å². The number of benzene rings is 2. The van der Waals surface area contributed by atoms with Gasteiger partial charge in [0.15, 0.2) is 0 Å². The van der Waals surface area contributed by atoms with Crippen LogP contribution in [0.4, 0.5) is 5.69 Å². The fourth-order valence-electron chi connectivity index (χ4n) is 3.36. The molecule has 3 rings (SSSR count). The molecule has 1 aliphatic rings. The van der Waals surface area contributed by atoms with Gasteiger partial charge in [0.1, 0.15) is 0 Å². The SMILES string of the molecule is Cc1ccccc1NC(=O)[C@H](C)N1CCN(S(=O)(=O)Cc2ccccc2)CC1. The van der Waals surface area contributed by atoms with Crippen LogP contribution >= 0.6 is 0 Å². The van der Waals surface area contributed by atoms with E-state index >= 15 is 0 Å². The lowest BCUT2D eigenvalue weighted by atomic mass is 10.2. The predicted molar refractivity (Wildman–Crippen MR) is 111 cm³/mol. The Kier molecular flexibility index (Phi) is 6.49. The number of rotatable bonds is 6. The Morgan fingerprint density at radius 2 is 1.61 bits per heavy atom. The predicted octanol–water partition coefficient (Wildman–Crippen LogP) is 2.47. The quantitative estimate of drug-likeness (QED) is 0.807. The van der Waals surface area contributed by atoms with Crippen LogP contribution in [0.15, 0.2) is 54.6 Å². The molecule has 1 N–H and O–H groups in total. The number of aryl methyl sites for hydroxylation is 1. The molecule has 0 spiro atoms. The molecular formula is C21H27N3O3S. The molecule has 0 aliphatic carbocycles. The summed E-state index contributed by atoms with van der Waals surface area (Å²) in [5, 5.41) is 2.97. The second kappa shape index (κ2) is 8.86. The fraction of sp³-hybridized carbons (Fsp3) is 0.381. The number of amides is 1. The summed E-state index contributed by atoms with van der Waals surface area (Å²) in [6.07, 6.45) is 0. The molecule has 0 unspecified atom stereocenters. The highest BCUT2D eigenvalue weighted by Gasteiger charge is 2.31. The molecule has 0 aromatic heterocycles. The first kappa shape index (κ1) is 20.5. The van der Waals surface area contributed by atoms with Crippen molar-refractivity contribution in [2.75, 3.05) is 31.5 Å². The first-order valence-electron chi connectivity index (χ1n) is 9.49. The minimum absolute atomic E-state index is 0.0111. The average molecular weight is 402 g/mol. The van der Waals surface area contributed by atoms with Gasteiger partial charge in [0, 0.05) is 31.9 Å². The normalized spacial score (nSPS) is 17.2. The Balaban J connectivity index is 1.55. The Morgan fingerprint density at radius 3 is 2.25 bits per heavy atom. The zero-order chi connectivity index (χ0) is 20.1. The Hall–Kier alpha value is -2.22. The highest BCUT2D eigenvalue weighted by Crippen LogP contribution is 2.17. The third kappa shape index (κ3) is 4.98. The largest absolute Gasteiger partial charge is 0.324 e. The van der Waals surface area contributed by atoms with E-state index < -0.39 is 10.0 Å². The molecule has 7 heteroatoms. The van der Waals surface area contributed by atoms with Crippen molar-refractivity contribution < 1.29 is 13.2 Å². The van der Waals surface area contributed by atoms with Gasteiger partial charge >= 0.3 is 0 Å². The summed E-state index contributed by atoms with van der Waals surface area (Å²) in [5.41, 5.74) is 2.61. The van der Waals surface area contributed by atoms with E-state index in [-0.39, 0.29) is 17.7 Å². The van der Waals surface area contributed by atoms with Gasteiger partial charge in [-0.3, -0.25) is 9.69 Å². The summed E-state index contributed by atoms with van der Waals surface area (Å²) >= 11 is 0. The zero-order valence-corrected chi connectivity index (χ0v) is 17.2.